The molecule has 4 amide bonds. The zero-order valence-corrected chi connectivity index (χ0v) is 22.0. The molecular formula is C27H31N7O6. The van der Waals surface area contributed by atoms with Crippen molar-refractivity contribution in [3.63, 3.8) is 0 Å². The summed E-state index contributed by atoms with van der Waals surface area (Å²) in [5.41, 5.74) is -0.789. The summed E-state index contributed by atoms with van der Waals surface area (Å²) in [5.74, 6) is -2.58. The highest BCUT2D eigenvalue weighted by Crippen LogP contribution is 2.38. The Labute approximate surface area is 229 Å². The molecule has 210 valence electrons. The number of rotatable bonds is 12. The predicted molar refractivity (Wildman–Crippen MR) is 143 cm³/mol. The monoisotopic (exact) mass is 549 g/mol. The Kier molecular flexibility index (Phi) is 9.15. The Bertz CT molecular complexity index is 1370. The van der Waals surface area contributed by atoms with Crippen LogP contribution in [-0.2, 0) is 25.7 Å². The zero-order chi connectivity index (χ0) is 28.6. The first-order chi connectivity index (χ1) is 19.2. The lowest BCUT2D eigenvalue weighted by atomic mass is 10.0. The number of nitrogens with zero attached hydrogens (tertiary/aromatic N) is 3. The quantitative estimate of drug-likeness (QED) is 0.210. The average Bonchev–Trinajstić information content (AvgIpc) is 3.57. The topological polar surface area (TPSA) is 181 Å². The van der Waals surface area contributed by atoms with Crippen molar-refractivity contribution in [3.8, 4) is 0 Å². The van der Waals surface area contributed by atoms with Crippen molar-refractivity contribution < 1.29 is 24.0 Å². The summed E-state index contributed by atoms with van der Waals surface area (Å²) in [6, 6.07) is 4.53. The SMILES string of the molecule is CCNC(=O)C(=O)CC[C@H](NC(=O)c1cccnn1)C(=O)Nc1cccn(CC(=O)N[C@@H]2C[C@@H]3C=C[C@H]2C3)c1=O. The minimum atomic E-state index is -1.28. The van der Waals surface area contributed by atoms with E-state index >= 15 is 0 Å². The summed E-state index contributed by atoms with van der Waals surface area (Å²) in [5, 5.41) is 17.7. The van der Waals surface area contributed by atoms with E-state index in [1.165, 1.54) is 41.2 Å². The minimum absolute atomic E-state index is 0.0434. The second-order valence-corrected chi connectivity index (χ2v) is 9.75. The third kappa shape index (κ3) is 7.04. The van der Waals surface area contributed by atoms with Crippen LogP contribution in [0.3, 0.4) is 0 Å². The molecule has 2 aromatic heterocycles. The minimum Gasteiger partial charge on any atom is -0.351 e. The summed E-state index contributed by atoms with van der Waals surface area (Å²) in [6.07, 6.45) is 8.46. The zero-order valence-electron chi connectivity index (χ0n) is 22.0. The second kappa shape index (κ2) is 12.9. The van der Waals surface area contributed by atoms with Crippen molar-refractivity contribution in [3.05, 3.63) is 64.9 Å². The van der Waals surface area contributed by atoms with E-state index in [1.807, 2.05) is 0 Å². The highest BCUT2D eigenvalue weighted by molar-refractivity contribution is 6.36. The fourth-order valence-corrected chi connectivity index (χ4v) is 4.90. The molecule has 1 fully saturated rings. The molecule has 2 aromatic rings. The van der Waals surface area contributed by atoms with Crippen LogP contribution < -0.4 is 26.8 Å². The summed E-state index contributed by atoms with van der Waals surface area (Å²) in [6.45, 7) is 1.69. The maximum atomic E-state index is 13.2. The number of carbonyl (C=O) groups excluding carboxylic acids is 5. The summed E-state index contributed by atoms with van der Waals surface area (Å²) in [4.78, 5) is 75.5. The van der Waals surface area contributed by atoms with Gasteiger partial charge in [0.25, 0.3) is 17.4 Å². The molecule has 0 unspecified atom stereocenters. The highest BCUT2D eigenvalue weighted by atomic mass is 16.2. The summed E-state index contributed by atoms with van der Waals surface area (Å²) in [7, 11) is 0. The smallest absolute Gasteiger partial charge is 0.287 e. The molecule has 0 spiro atoms. The summed E-state index contributed by atoms with van der Waals surface area (Å²) < 4.78 is 1.18. The van der Waals surface area contributed by atoms with Crippen molar-refractivity contribution in [1.82, 2.24) is 30.7 Å². The molecule has 0 aromatic carbocycles. The van der Waals surface area contributed by atoms with Crippen molar-refractivity contribution in [2.75, 3.05) is 11.9 Å². The molecule has 4 rings (SSSR count). The number of hydrogen-bond acceptors (Lipinski definition) is 8. The van der Waals surface area contributed by atoms with Crippen LogP contribution in [0, 0.1) is 11.8 Å². The number of fused-ring (bicyclic) bond motifs is 2. The highest BCUT2D eigenvalue weighted by Gasteiger charge is 2.36. The molecule has 40 heavy (non-hydrogen) atoms. The van der Waals surface area contributed by atoms with Crippen LogP contribution in [0.1, 0.15) is 43.1 Å². The maximum absolute atomic E-state index is 13.2. The van der Waals surface area contributed by atoms with E-state index in [4.69, 9.17) is 0 Å². The molecule has 2 bridgehead atoms. The second-order valence-electron chi connectivity index (χ2n) is 9.75. The lowest BCUT2D eigenvalue weighted by Crippen LogP contribution is -2.46. The van der Waals surface area contributed by atoms with Crippen LogP contribution in [0.2, 0.25) is 0 Å². The number of pyridine rings is 1. The molecule has 13 heteroatoms. The first-order valence-corrected chi connectivity index (χ1v) is 13.1. The fraction of sp³-hybridized carbons (Fsp3) is 0.407. The van der Waals surface area contributed by atoms with Crippen molar-refractivity contribution in [2.24, 2.45) is 11.8 Å². The number of allylic oxidation sites excluding steroid dienone is 1. The molecule has 0 radical (unpaired) electrons. The Morgan fingerprint density at radius 2 is 1.93 bits per heavy atom. The molecule has 4 atom stereocenters. The fourth-order valence-electron chi connectivity index (χ4n) is 4.90. The van der Waals surface area contributed by atoms with Crippen LogP contribution >= 0.6 is 0 Å². The van der Waals surface area contributed by atoms with Gasteiger partial charge in [-0.2, -0.15) is 5.10 Å². The van der Waals surface area contributed by atoms with Crippen molar-refractivity contribution >= 4 is 35.1 Å². The van der Waals surface area contributed by atoms with E-state index < -0.39 is 35.1 Å². The number of aromatic nitrogens is 3. The number of ketones is 1. The number of Topliss-reactive ketones (excluding diaryl/α,β-unsaturated/α-hetero) is 1. The average molecular weight is 550 g/mol. The first-order valence-electron chi connectivity index (χ1n) is 13.1. The van der Waals surface area contributed by atoms with E-state index in [2.05, 4.69) is 43.6 Å². The molecule has 1 saturated carbocycles. The van der Waals surface area contributed by atoms with E-state index in [1.54, 1.807) is 6.92 Å². The van der Waals surface area contributed by atoms with Gasteiger partial charge in [0, 0.05) is 31.4 Å². The molecule has 13 nitrogen and oxygen atoms in total. The molecule has 2 aliphatic rings. The van der Waals surface area contributed by atoms with Gasteiger partial charge in [-0.25, -0.2) is 0 Å². The van der Waals surface area contributed by atoms with E-state index in [0.717, 1.165) is 12.8 Å². The molecule has 4 N–H and O–H groups in total. The number of hydrogen-bond donors (Lipinski definition) is 4. The van der Waals surface area contributed by atoms with Gasteiger partial charge in [0.2, 0.25) is 17.6 Å². The van der Waals surface area contributed by atoms with E-state index in [9.17, 15) is 28.8 Å². The van der Waals surface area contributed by atoms with Gasteiger partial charge >= 0.3 is 0 Å². The van der Waals surface area contributed by atoms with Gasteiger partial charge < -0.3 is 25.8 Å². The van der Waals surface area contributed by atoms with Gasteiger partial charge in [0.15, 0.2) is 5.69 Å². The third-order valence-corrected chi connectivity index (χ3v) is 6.89. The predicted octanol–water partition coefficient (Wildman–Crippen LogP) is -0.0584. The van der Waals surface area contributed by atoms with Gasteiger partial charge in [-0.05, 0) is 62.3 Å². The number of likely N-dealkylation sites (N-methyl/N-ethyl adjacent to an activating group) is 1. The lowest BCUT2D eigenvalue weighted by Gasteiger charge is -2.20. The first kappa shape index (κ1) is 28.3. The van der Waals surface area contributed by atoms with Gasteiger partial charge in [0.1, 0.15) is 18.3 Å². The largest absolute Gasteiger partial charge is 0.351 e. The van der Waals surface area contributed by atoms with Crippen LogP contribution in [0.4, 0.5) is 5.69 Å². The van der Waals surface area contributed by atoms with Crippen LogP contribution in [0.5, 0.6) is 0 Å². The Hall–Kier alpha value is -4.68. The molecule has 2 heterocycles. The van der Waals surface area contributed by atoms with Gasteiger partial charge in [-0.1, -0.05) is 12.2 Å². The molecular weight excluding hydrogens is 518 g/mol. The van der Waals surface area contributed by atoms with Crippen LogP contribution in [-0.4, -0.2) is 62.8 Å². The van der Waals surface area contributed by atoms with Gasteiger partial charge in [-0.3, -0.25) is 28.8 Å². The molecule has 0 saturated heterocycles. The number of nitrogens with one attached hydrogen (secondary N) is 4. The van der Waals surface area contributed by atoms with Crippen LogP contribution in [0.25, 0.3) is 0 Å². The number of amides is 4. The standard InChI is InChI=1S/C27H31N7O6/c1-2-28-26(39)22(35)10-9-18(31-25(38)19-5-3-11-29-33-19)24(37)32-20-6-4-12-34(27(20)40)15-23(36)30-21-14-16-7-8-17(21)13-16/h3-8,11-12,16-18,21H,2,9-10,13-15H2,1H3,(H,28,39)(H,30,36)(H,31,38)(H,32,37)/t16-,17+,18+,21-/m1/s1. The van der Waals surface area contributed by atoms with Crippen LogP contribution in [0.15, 0.2) is 53.6 Å². The maximum Gasteiger partial charge on any atom is 0.287 e. The third-order valence-electron chi connectivity index (χ3n) is 6.89. The normalized spacial score (nSPS) is 19.5. The van der Waals surface area contributed by atoms with E-state index in [0.29, 0.717) is 11.8 Å². The van der Waals surface area contributed by atoms with E-state index in [-0.39, 0.29) is 49.3 Å². The van der Waals surface area contributed by atoms with Gasteiger partial charge in [0.05, 0.1) is 0 Å². The lowest BCUT2D eigenvalue weighted by molar-refractivity contribution is -0.138. The Balaban J connectivity index is 1.43. The van der Waals surface area contributed by atoms with Gasteiger partial charge in [-0.15, -0.1) is 5.10 Å². The summed E-state index contributed by atoms with van der Waals surface area (Å²) >= 11 is 0. The number of carbonyl (C=O) groups is 5. The number of anilines is 1. The van der Waals surface area contributed by atoms with Crippen molar-refractivity contribution in [2.45, 2.75) is 51.2 Å². The molecule has 2 aliphatic carbocycles. The van der Waals surface area contributed by atoms with Crippen molar-refractivity contribution in [1.29, 1.82) is 0 Å². The Morgan fingerprint density at radius 3 is 2.60 bits per heavy atom. The molecule has 0 aliphatic heterocycles. The Morgan fingerprint density at radius 1 is 1.10 bits per heavy atom.